The van der Waals surface area contributed by atoms with Crippen LogP contribution < -0.4 is 24.8 Å². The van der Waals surface area contributed by atoms with Crippen molar-refractivity contribution in [1.82, 2.24) is 15.3 Å². The summed E-state index contributed by atoms with van der Waals surface area (Å²) < 4.78 is 6.38. The van der Waals surface area contributed by atoms with E-state index in [1.54, 1.807) is 22.4 Å². The second-order valence-electron chi connectivity index (χ2n) is 8.19. The van der Waals surface area contributed by atoms with E-state index in [-0.39, 0.29) is 12.0 Å². The zero-order valence-electron chi connectivity index (χ0n) is 19.5. The minimum atomic E-state index is -0.109. The molecule has 8 nitrogen and oxygen atoms in total. The SMILES string of the molecule is CNCCC(Oc1cccc(N2CCN(C)c3nc(N(C)C)ncc3C2=O)c1)c1cccs1. The monoisotopic (exact) mass is 466 g/mol. The van der Waals surface area contributed by atoms with Gasteiger partial charge in [0, 0.05) is 63.5 Å². The van der Waals surface area contributed by atoms with Crippen molar-refractivity contribution in [2.45, 2.75) is 12.5 Å². The molecule has 3 aromatic rings. The Morgan fingerprint density at radius 2 is 2.09 bits per heavy atom. The van der Waals surface area contributed by atoms with Crippen molar-refractivity contribution in [3.05, 3.63) is 58.4 Å². The molecule has 0 saturated heterocycles. The molecule has 2 aromatic heterocycles. The van der Waals surface area contributed by atoms with Crippen LogP contribution >= 0.6 is 11.3 Å². The third-order valence-corrected chi connectivity index (χ3v) is 6.54. The van der Waals surface area contributed by atoms with E-state index in [0.29, 0.717) is 30.4 Å². The minimum Gasteiger partial charge on any atom is -0.485 e. The van der Waals surface area contributed by atoms with Gasteiger partial charge in [0.1, 0.15) is 23.2 Å². The van der Waals surface area contributed by atoms with Crippen LogP contribution in [0.15, 0.2) is 48.0 Å². The Labute approximate surface area is 198 Å². The summed E-state index contributed by atoms with van der Waals surface area (Å²) in [6.07, 6.45) is 2.44. The molecule has 1 aromatic carbocycles. The average molecular weight is 467 g/mol. The lowest BCUT2D eigenvalue weighted by Crippen LogP contribution is -2.33. The van der Waals surface area contributed by atoms with Crippen LogP contribution in [0, 0.1) is 0 Å². The van der Waals surface area contributed by atoms with Crippen LogP contribution in [0.2, 0.25) is 0 Å². The molecule has 0 aliphatic carbocycles. The summed E-state index contributed by atoms with van der Waals surface area (Å²) in [5, 5.41) is 5.26. The lowest BCUT2D eigenvalue weighted by atomic mass is 10.2. The van der Waals surface area contributed by atoms with Gasteiger partial charge in [0.15, 0.2) is 0 Å². The van der Waals surface area contributed by atoms with Crippen molar-refractivity contribution in [3.8, 4) is 5.75 Å². The molecular weight excluding hydrogens is 436 g/mol. The molecule has 174 valence electrons. The molecule has 0 bridgehead atoms. The highest BCUT2D eigenvalue weighted by Crippen LogP contribution is 2.32. The molecule has 33 heavy (non-hydrogen) atoms. The normalized spacial score (nSPS) is 14.6. The third-order valence-electron chi connectivity index (χ3n) is 5.58. The highest BCUT2D eigenvalue weighted by molar-refractivity contribution is 7.10. The van der Waals surface area contributed by atoms with Crippen LogP contribution in [0.5, 0.6) is 5.75 Å². The van der Waals surface area contributed by atoms with Gasteiger partial charge in [-0.3, -0.25) is 4.79 Å². The molecule has 9 heteroatoms. The van der Waals surface area contributed by atoms with Gasteiger partial charge in [-0.2, -0.15) is 4.98 Å². The first-order chi connectivity index (χ1) is 16.0. The van der Waals surface area contributed by atoms with Crippen molar-refractivity contribution in [2.24, 2.45) is 0 Å². The average Bonchev–Trinajstić information content (AvgIpc) is 3.32. The van der Waals surface area contributed by atoms with Gasteiger partial charge in [-0.25, -0.2) is 4.98 Å². The number of nitrogens with one attached hydrogen (secondary N) is 1. The number of carbonyl (C=O) groups is 1. The number of anilines is 3. The quantitative estimate of drug-likeness (QED) is 0.545. The van der Waals surface area contributed by atoms with Gasteiger partial charge in [-0.15, -0.1) is 11.3 Å². The first kappa shape index (κ1) is 23.0. The van der Waals surface area contributed by atoms with E-state index in [1.165, 1.54) is 4.88 Å². The fraction of sp³-hybridized carbons (Fsp3) is 0.375. The summed E-state index contributed by atoms with van der Waals surface area (Å²) in [4.78, 5) is 29.3. The number of amides is 1. The van der Waals surface area contributed by atoms with Gasteiger partial charge in [-0.05, 0) is 37.2 Å². The largest absolute Gasteiger partial charge is 0.485 e. The predicted molar refractivity (Wildman–Crippen MR) is 134 cm³/mol. The van der Waals surface area contributed by atoms with Crippen molar-refractivity contribution in [2.75, 3.05) is 62.5 Å². The first-order valence-corrected chi connectivity index (χ1v) is 11.9. The van der Waals surface area contributed by atoms with Gasteiger partial charge in [-0.1, -0.05) is 12.1 Å². The number of likely N-dealkylation sites (N-methyl/N-ethyl adjacent to an activating group) is 1. The first-order valence-electron chi connectivity index (χ1n) is 11.0. The second-order valence-corrected chi connectivity index (χ2v) is 9.17. The maximum absolute atomic E-state index is 13.5. The van der Waals surface area contributed by atoms with Crippen LogP contribution in [-0.4, -0.2) is 63.7 Å². The Bertz CT molecular complexity index is 1090. The van der Waals surface area contributed by atoms with E-state index in [2.05, 4.69) is 26.7 Å². The van der Waals surface area contributed by atoms with Crippen LogP contribution in [0.3, 0.4) is 0 Å². The van der Waals surface area contributed by atoms with Gasteiger partial charge >= 0.3 is 0 Å². The number of aromatic nitrogens is 2. The minimum absolute atomic E-state index is 0.0442. The van der Waals surface area contributed by atoms with Gasteiger partial charge in [0.05, 0.1) is 0 Å². The van der Waals surface area contributed by atoms with E-state index in [1.807, 2.05) is 68.3 Å². The maximum atomic E-state index is 13.5. The summed E-state index contributed by atoms with van der Waals surface area (Å²) in [5.74, 6) is 1.87. The number of hydrogen-bond donors (Lipinski definition) is 1. The smallest absolute Gasteiger partial charge is 0.263 e. The van der Waals surface area contributed by atoms with Gasteiger partial charge in [0.25, 0.3) is 5.91 Å². The van der Waals surface area contributed by atoms with Crippen molar-refractivity contribution < 1.29 is 9.53 Å². The highest BCUT2D eigenvalue weighted by atomic mass is 32.1. The maximum Gasteiger partial charge on any atom is 0.263 e. The van der Waals surface area contributed by atoms with Crippen molar-refractivity contribution >= 4 is 34.7 Å². The molecule has 3 heterocycles. The zero-order valence-corrected chi connectivity index (χ0v) is 20.3. The Hall–Kier alpha value is -3.17. The van der Waals surface area contributed by atoms with E-state index in [4.69, 9.17) is 4.74 Å². The summed E-state index contributed by atoms with van der Waals surface area (Å²) in [6.45, 7) is 2.05. The fourth-order valence-corrected chi connectivity index (χ4v) is 4.56. The van der Waals surface area contributed by atoms with Crippen LogP contribution in [0.25, 0.3) is 0 Å². The summed E-state index contributed by atoms with van der Waals surface area (Å²) >= 11 is 1.69. The van der Waals surface area contributed by atoms with Crippen molar-refractivity contribution in [3.63, 3.8) is 0 Å². The summed E-state index contributed by atoms with van der Waals surface area (Å²) in [5.41, 5.74) is 1.30. The Kier molecular flexibility index (Phi) is 7.10. The number of carbonyl (C=O) groups excluding carboxylic acids is 1. The lowest BCUT2D eigenvalue weighted by molar-refractivity contribution is 0.0989. The number of rotatable bonds is 8. The number of ether oxygens (including phenoxy) is 1. The molecule has 1 N–H and O–H groups in total. The standard InChI is InChI=1S/C24H30N6O2S/c1-25-11-10-20(21-9-6-14-33-21)32-18-8-5-7-17(15-18)30-13-12-29(4)22-19(23(30)31)16-26-24(27-22)28(2)3/h5-9,14-16,20,25H,10-13H2,1-4H3. The highest BCUT2D eigenvalue weighted by Gasteiger charge is 2.28. The third kappa shape index (κ3) is 5.09. The Morgan fingerprint density at radius 1 is 1.24 bits per heavy atom. The van der Waals surface area contributed by atoms with E-state index in [0.717, 1.165) is 24.4 Å². The molecule has 4 rings (SSSR count). The van der Waals surface area contributed by atoms with Gasteiger partial charge in [0.2, 0.25) is 5.95 Å². The molecule has 1 unspecified atom stereocenters. The van der Waals surface area contributed by atoms with Gasteiger partial charge < -0.3 is 24.8 Å². The number of fused-ring (bicyclic) bond motifs is 1. The molecule has 0 saturated carbocycles. The van der Waals surface area contributed by atoms with Crippen LogP contribution in [-0.2, 0) is 0 Å². The molecule has 1 aliphatic rings. The molecule has 1 amide bonds. The molecule has 0 spiro atoms. The lowest BCUT2D eigenvalue weighted by Gasteiger charge is -2.23. The fourth-order valence-electron chi connectivity index (χ4n) is 3.77. The number of hydrogen-bond acceptors (Lipinski definition) is 8. The van der Waals surface area contributed by atoms with Crippen molar-refractivity contribution in [1.29, 1.82) is 0 Å². The van der Waals surface area contributed by atoms with E-state index < -0.39 is 0 Å². The topological polar surface area (TPSA) is 73.8 Å². The van der Waals surface area contributed by atoms with E-state index >= 15 is 0 Å². The molecule has 0 fully saturated rings. The number of nitrogens with zero attached hydrogens (tertiary/aromatic N) is 5. The zero-order chi connectivity index (χ0) is 23.4. The Balaban J connectivity index is 1.60. The molecule has 1 aliphatic heterocycles. The molecule has 1 atom stereocenters. The molecule has 0 radical (unpaired) electrons. The van der Waals surface area contributed by atoms with E-state index in [9.17, 15) is 4.79 Å². The molecular formula is C24H30N6O2S. The van der Waals surface area contributed by atoms with Crippen LogP contribution in [0.4, 0.5) is 17.5 Å². The number of thiophene rings is 1. The Morgan fingerprint density at radius 3 is 2.82 bits per heavy atom. The number of benzene rings is 1. The predicted octanol–water partition coefficient (Wildman–Crippen LogP) is 3.43. The summed E-state index contributed by atoms with van der Waals surface area (Å²) in [6, 6.07) is 11.9. The second kappa shape index (κ2) is 10.2. The summed E-state index contributed by atoms with van der Waals surface area (Å²) in [7, 11) is 7.67. The van der Waals surface area contributed by atoms with Crippen LogP contribution in [0.1, 0.15) is 27.8 Å².